The fourth-order valence-corrected chi connectivity index (χ4v) is 5.75. The van der Waals surface area contributed by atoms with Gasteiger partial charge in [-0.05, 0) is 38.1 Å². The molecule has 3 fully saturated rings. The van der Waals surface area contributed by atoms with Crippen LogP contribution in [0.25, 0.3) is 0 Å². The lowest BCUT2D eigenvalue weighted by atomic mass is 9.85. The van der Waals surface area contributed by atoms with E-state index < -0.39 is 0 Å². The number of allylic oxidation sites excluding steroid dienone is 2. The topological polar surface area (TPSA) is 77.0 Å². The fraction of sp³-hybridized carbons (Fsp3) is 0.773. The van der Waals surface area contributed by atoms with E-state index in [1.165, 1.54) is 37.0 Å². The minimum Gasteiger partial charge on any atom is -0.355 e. The summed E-state index contributed by atoms with van der Waals surface area (Å²) in [4.78, 5) is 33.6. The molecule has 1 aliphatic heterocycles. The molecule has 4 atom stereocenters. The molecule has 0 radical (unpaired) electrons. The number of nitrogens with one attached hydrogen (secondary N) is 2. The van der Waals surface area contributed by atoms with Crippen molar-refractivity contribution in [2.45, 2.75) is 44.6 Å². The van der Waals surface area contributed by atoms with E-state index in [1.807, 2.05) is 0 Å². The molecular weight excluding hydrogens is 366 g/mol. The maximum Gasteiger partial charge on any atom is 0.233 e. The van der Waals surface area contributed by atoms with Gasteiger partial charge in [0.15, 0.2) is 5.96 Å². The van der Waals surface area contributed by atoms with Gasteiger partial charge >= 0.3 is 0 Å². The Bertz CT molecular complexity index is 655. The van der Waals surface area contributed by atoms with E-state index in [1.54, 1.807) is 7.05 Å². The summed E-state index contributed by atoms with van der Waals surface area (Å²) < 4.78 is 0. The first kappa shape index (κ1) is 20.4. The summed E-state index contributed by atoms with van der Waals surface area (Å²) in [6, 6.07) is 0.706. The zero-order valence-corrected chi connectivity index (χ0v) is 17.8. The number of carbonyl (C=O) groups excluding carboxylic acids is 2. The zero-order chi connectivity index (χ0) is 20.4. The van der Waals surface area contributed by atoms with Gasteiger partial charge in [0.1, 0.15) is 0 Å². The van der Waals surface area contributed by atoms with Gasteiger partial charge in [-0.3, -0.25) is 19.5 Å². The molecule has 2 N–H and O–H groups in total. The Hall–Kier alpha value is -1.89. The van der Waals surface area contributed by atoms with Crippen molar-refractivity contribution in [3.63, 3.8) is 0 Å². The molecule has 4 unspecified atom stereocenters. The fourth-order valence-electron chi connectivity index (χ4n) is 5.75. The highest BCUT2D eigenvalue weighted by atomic mass is 16.2. The van der Waals surface area contributed by atoms with Crippen molar-refractivity contribution in [3.8, 4) is 0 Å². The number of hydrogen-bond donors (Lipinski definition) is 2. The van der Waals surface area contributed by atoms with Gasteiger partial charge in [-0.15, -0.1) is 0 Å². The quantitative estimate of drug-likeness (QED) is 0.290. The maximum absolute atomic E-state index is 12.7. The first-order valence-corrected chi connectivity index (χ1v) is 11.3. The third kappa shape index (κ3) is 4.06. The molecular formula is C22H35N5O2. The summed E-state index contributed by atoms with van der Waals surface area (Å²) >= 11 is 0. The number of guanidine groups is 1. The SMILES string of the molecule is CN=C(NCCN1C(=O)C2C3C=CC(C3)C2C1=O)NCCN(C)C1CCCCC1. The second-order valence-electron chi connectivity index (χ2n) is 9.03. The molecule has 29 heavy (non-hydrogen) atoms. The number of fused-ring (bicyclic) bond motifs is 5. The van der Waals surface area contributed by atoms with E-state index in [4.69, 9.17) is 0 Å². The van der Waals surface area contributed by atoms with Gasteiger partial charge in [-0.2, -0.15) is 0 Å². The van der Waals surface area contributed by atoms with E-state index >= 15 is 0 Å². The van der Waals surface area contributed by atoms with Crippen LogP contribution in [0.15, 0.2) is 17.1 Å². The molecule has 4 aliphatic rings. The van der Waals surface area contributed by atoms with E-state index in [-0.39, 0.29) is 35.5 Å². The monoisotopic (exact) mass is 401 g/mol. The molecule has 2 amide bonds. The van der Waals surface area contributed by atoms with Gasteiger partial charge in [0.05, 0.1) is 11.8 Å². The van der Waals surface area contributed by atoms with Crippen LogP contribution in [0.5, 0.6) is 0 Å². The van der Waals surface area contributed by atoms with E-state index in [9.17, 15) is 9.59 Å². The predicted octanol–water partition coefficient (Wildman–Crippen LogP) is 1.22. The highest BCUT2D eigenvalue weighted by Gasteiger charge is 2.58. The van der Waals surface area contributed by atoms with Gasteiger partial charge in [-0.1, -0.05) is 31.4 Å². The number of aliphatic imine (C=N–C) groups is 1. The van der Waals surface area contributed by atoms with Gasteiger partial charge < -0.3 is 15.5 Å². The molecule has 0 aromatic heterocycles. The Morgan fingerprint density at radius 1 is 1.07 bits per heavy atom. The van der Waals surface area contributed by atoms with Crippen molar-refractivity contribution in [3.05, 3.63) is 12.2 Å². The standard InChI is InChI=1S/C22H35N5O2/c1-23-22(24-10-12-26(2)17-6-4-3-5-7-17)25-11-13-27-20(28)18-15-8-9-16(14-15)19(18)21(27)29/h8-9,15-19H,3-7,10-14H2,1-2H3,(H2,23,24,25). The van der Waals surface area contributed by atoms with Crippen LogP contribution < -0.4 is 10.6 Å². The second kappa shape index (κ2) is 8.86. The van der Waals surface area contributed by atoms with Crippen LogP contribution in [-0.4, -0.2) is 73.9 Å². The lowest BCUT2D eigenvalue weighted by molar-refractivity contribution is -0.140. The van der Waals surface area contributed by atoms with E-state index in [0.29, 0.717) is 19.1 Å². The number of likely N-dealkylation sites (N-methyl/N-ethyl adjacent to an activating group) is 1. The van der Waals surface area contributed by atoms with Crippen LogP contribution in [0.4, 0.5) is 0 Å². The van der Waals surface area contributed by atoms with Crippen molar-refractivity contribution < 1.29 is 9.59 Å². The number of nitrogens with zero attached hydrogens (tertiary/aromatic N) is 3. The summed E-state index contributed by atoms with van der Waals surface area (Å²) in [6.07, 6.45) is 11.9. The highest BCUT2D eigenvalue weighted by molar-refractivity contribution is 6.06. The number of amides is 2. The van der Waals surface area contributed by atoms with E-state index in [2.05, 4.69) is 39.7 Å². The Kier molecular flexibility index (Phi) is 6.23. The van der Waals surface area contributed by atoms with E-state index in [0.717, 1.165) is 25.5 Å². The second-order valence-corrected chi connectivity index (χ2v) is 9.03. The van der Waals surface area contributed by atoms with Gasteiger partial charge in [0.25, 0.3) is 0 Å². The van der Waals surface area contributed by atoms with Crippen LogP contribution in [0, 0.1) is 23.7 Å². The molecule has 160 valence electrons. The summed E-state index contributed by atoms with van der Waals surface area (Å²) in [5.74, 6) is 1.11. The normalized spacial score (nSPS) is 31.8. The van der Waals surface area contributed by atoms with Crippen molar-refractivity contribution in [1.82, 2.24) is 20.4 Å². The molecule has 7 heteroatoms. The molecule has 7 nitrogen and oxygen atoms in total. The summed E-state index contributed by atoms with van der Waals surface area (Å²) in [5.41, 5.74) is 0. The smallest absolute Gasteiger partial charge is 0.233 e. The highest BCUT2D eigenvalue weighted by Crippen LogP contribution is 2.52. The number of likely N-dealkylation sites (tertiary alicyclic amines) is 1. The summed E-state index contributed by atoms with van der Waals surface area (Å²) in [6.45, 7) is 2.74. The molecule has 3 aliphatic carbocycles. The molecule has 0 aromatic carbocycles. The van der Waals surface area contributed by atoms with Crippen LogP contribution >= 0.6 is 0 Å². The maximum atomic E-state index is 12.7. The zero-order valence-electron chi connectivity index (χ0n) is 17.8. The molecule has 4 rings (SSSR count). The van der Waals surface area contributed by atoms with Crippen molar-refractivity contribution in [2.75, 3.05) is 40.3 Å². The van der Waals surface area contributed by atoms with Crippen LogP contribution in [-0.2, 0) is 9.59 Å². The third-order valence-corrected chi connectivity index (χ3v) is 7.37. The minimum atomic E-state index is -0.106. The van der Waals surface area contributed by atoms with Gasteiger partial charge in [0, 0.05) is 39.3 Å². The molecule has 0 aromatic rings. The van der Waals surface area contributed by atoms with Crippen molar-refractivity contribution in [2.24, 2.45) is 28.7 Å². The lowest BCUT2D eigenvalue weighted by Gasteiger charge is -2.31. The molecule has 2 bridgehead atoms. The Balaban J connectivity index is 1.18. The number of imide groups is 1. The summed E-state index contributed by atoms with van der Waals surface area (Å²) in [7, 11) is 3.96. The number of hydrogen-bond acceptors (Lipinski definition) is 4. The first-order chi connectivity index (χ1) is 14.1. The van der Waals surface area contributed by atoms with Crippen molar-refractivity contribution >= 4 is 17.8 Å². The Morgan fingerprint density at radius 2 is 1.69 bits per heavy atom. The molecule has 1 heterocycles. The number of rotatable bonds is 7. The Morgan fingerprint density at radius 3 is 2.31 bits per heavy atom. The molecule has 2 saturated carbocycles. The van der Waals surface area contributed by atoms with Crippen LogP contribution in [0.1, 0.15) is 38.5 Å². The average Bonchev–Trinajstić information content (AvgIpc) is 3.42. The predicted molar refractivity (Wildman–Crippen MR) is 113 cm³/mol. The minimum absolute atomic E-state index is 0.0238. The third-order valence-electron chi connectivity index (χ3n) is 7.37. The first-order valence-electron chi connectivity index (χ1n) is 11.3. The van der Waals surface area contributed by atoms with Crippen molar-refractivity contribution in [1.29, 1.82) is 0 Å². The van der Waals surface area contributed by atoms with Gasteiger partial charge in [0.2, 0.25) is 11.8 Å². The van der Waals surface area contributed by atoms with Crippen LogP contribution in [0.2, 0.25) is 0 Å². The van der Waals surface area contributed by atoms with Crippen LogP contribution in [0.3, 0.4) is 0 Å². The molecule has 1 saturated heterocycles. The largest absolute Gasteiger partial charge is 0.355 e. The molecule has 0 spiro atoms. The summed E-state index contributed by atoms with van der Waals surface area (Å²) in [5, 5.41) is 6.60. The lowest BCUT2D eigenvalue weighted by Crippen LogP contribution is -2.46. The average molecular weight is 402 g/mol. The van der Waals surface area contributed by atoms with Gasteiger partial charge in [-0.25, -0.2) is 0 Å². The number of carbonyl (C=O) groups is 2. The Labute approximate surface area is 174 Å².